The van der Waals surface area contributed by atoms with Crippen LogP contribution >= 0.6 is 7.06 Å². The van der Waals surface area contributed by atoms with Gasteiger partial charge in [0.1, 0.15) is 0 Å². The normalized spacial score (nSPS) is 13.9. The summed E-state index contributed by atoms with van der Waals surface area (Å²) in [5.41, 5.74) is 0. The van der Waals surface area contributed by atoms with Crippen molar-refractivity contribution in [2.24, 2.45) is 0 Å². The molecule has 82 valence electrons. The van der Waals surface area contributed by atoms with E-state index in [1.807, 2.05) is 6.07 Å². The van der Waals surface area contributed by atoms with Crippen LogP contribution in [0.3, 0.4) is 0 Å². The molecule has 1 aromatic carbocycles. The van der Waals surface area contributed by atoms with Crippen LogP contribution in [0.25, 0.3) is 0 Å². The first kappa shape index (κ1) is 14.1. The fraction of sp³-hybridized carbons (Fsp3) is 0.400. The number of rotatable bonds is 3. The number of hydrogen-bond acceptors (Lipinski definition) is 2. The fourth-order valence-corrected chi connectivity index (χ4v) is 3.36. The van der Waals surface area contributed by atoms with E-state index < -0.39 is 7.06 Å². The maximum atomic E-state index is 12.2. The van der Waals surface area contributed by atoms with Gasteiger partial charge in [-0.15, -0.1) is 0 Å². The molecule has 0 bridgehead atoms. The molecule has 1 rings (SSSR count). The predicted octanol–water partition coefficient (Wildman–Crippen LogP) is 0.453. The van der Waals surface area contributed by atoms with Crippen LogP contribution < -0.4 is 15.1 Å². The Morgan fingerprint density at radius 3 is 1.79 bits per heavy atom. The Bertz CT molecular complexity index is 279. The Labute approximate surface area is 95.4 Å². The quantitative estimate of drug-likeness (QED) is 0.583. The van der Waals surface area contributed by atoms with Gasteiger partial charge in [0.25, 0.3) is 0 Å². The van der Waals surface area contributed by atoms with Gasteiger partial charge in [0.2, 0.25) is 0 Å². The molecule has 2 nitrogen and oxygen atoms in total. The van der Waals surface area contributed by atoms with Crippen LogP contribution in [0.2, 0.25) is 0 Å². The monoisotopic (exact) mass is 256 g/mol. The van der Waals surface area contributed by atoms with E-state index in [-0.39, 0.29) is 28.8 Å². The van der Waals surface area contributed by atoms with Gasteiger partial charge in [-0.3, -0.25) is 0 Å². The molecule has 0 unspecified atom stereocenters. The molecule has 0 amide bonds. The molecular formula is C10H15NiO2P. The minimum Gasteiger partial charge on any atom is 2.00 e. The van der Waals surface area contributed by atoms with Gasteiger partial charge in [-0.25, -0.2) is 0 Å². The third-order valence-corrected chi connectivity index (χ3v) is 6.62. The summed E-state index contributed by atoms with van der Waals surface area (Å²) in [5, 5.41) is 0.471. The van der Waals surface area contributed by atoms with E-state index in [4.69, 9.17) is 0 Å². The minimum absolute atomic E-state index is 0. The zero-order valence-corrected chi connectivity index (χ0v) is 10.3. The fourth-order valence-electron chi connectivity index (χ4n) is 1.35. The van der Waals surface area contributed by atoms with Crippen LogP contribution in [0.4, 0.5) is 0 Å². The second-order valence-electron chi connectivity index (χ2n) is 3.28. The van der Waals surface area contributed by atoms with Crippen molar-refractivity contribution in [3.63, 3.8) is 0 Å². The molecule has 0 aliphatic rings. The molecule has 14 heavy (non-hydrogen) atoms. The standard InChI is InChI=1S/C10H15O2P.Ni/c1-3-13(11,12,4-2)10-8-6-5-7-9-10;/h5-9H,3-4H2,1-2H3;/q-2;+2. The van der Waals surface area contributed by atoms with E-state index in [9.17, 15) is 9.79 Å². The molecule has 0 atom stereocenters. The van der Waals surface area contributed by atoms with Gasteiger partial charge in [0.15, 0.2) is 0 Å². The Morgan fingerprint density at radius 2 is 1.43 bits per heavy atom. The van der Waals surface area contributed by atoms with E-state index >= 15 is 0 Å². The van der Waals surface area contributed by atoms with E-state index in [0.717, 1.165) is 0 Å². The first-order valence-electron chi connectivity index (χ1n) is 4.55. The number of hydrogen-bond donors (Lipinski definition) is 0. The first-order valence-corrected chi connectivity index (χ1v) is 6.99. The third-order valence-electron chi connectivity index (χ3n) is 2.61. The SMILES string of the molecule is CCP([O-])([O-])(CC)c1ccccc1.[Ni+2]. The molecule has 0 aliphatic heterocycles. The van der Waals surface area contributed by atoms with Crippen LogP contribution in [0.1, 0.15) is 13.8 Å². The van der Waals surface area contributed by atoms with Crippen LogP contribution in [0.5, 0.6) is 0 Å². The average Bonchev–Trinajstić information content (AvgIpc) is 2.20. The maximum Gasteiger partial charge on any atom is 2.00 e. The molecule has 1 aromatic rings. The van der Waals surface area contributed by atoms with Crippen molar-refractivity contribution in [2.45, 2.75) is 13.8 Å². The Hall–Kier alpha value is 0.0635. The molecule has 0 N–H and O–H groups in total. The molecule has 0 saturated heterocycles. The molecular weight excluding hydrogens is 242 g/mol. The van der Waals surface area contributed by atoms with Crippen molar-refractivity contribution in [3.8, 4) is 0 Å². The van der Waals surface area contributed by atoms with Crippen molar-refractivity contribution in [1.29, 1.82) is 0 Å². The summed E-state index contributed by atoms with van der Waals surface area (Å²) >= 11 is 0. The van der Waals surface area contributed by atoms with Gasteiger partial charge >= 0.3 is 95.1 Å². The summed E-state index contributed by atoms with van der Waals surface area (Å²) in [7, 11) is -4.04. The van der Waals surface area contributed by atoms with Gasteiger partial charge < -0.3 is 0 Å². The Kier molecular flexibility index (Phi) is 4.74. The van der Waals surface area contributed by atoms with E-state index in [1.54, 1.807) is 38.1 Å². The molecule has 0 spiro atoms. The van der Waals surface area contributed by atoms with Crippen molar-refractivity contribution in [2.75, 3.05) is 12.3 Å². The Balaban J connectivity index is 0.00000169. The number of benzene rings is 1. The van der Waals surface area contributed by atoms with Gasteiger partial charge in [0, 0.05) is 0 Å². The summed E-state index contributed by atoms with van der Waals surface area (Å²) < 4.78 is 0. The van der Waals surface area contributed by atoms with Crippen molar-refractivity contribution >= 4 is 12.4 Å². The second-order valence-corrected chi connectivity index (χ2v) is 7.69. The van der Waals surface area contributed by atoms with E-state index in [2.05, 4.69) is 0 Å². The van der Waals surface area contributed by atoms with Crippen molar-refractivity contribution in [1.82, 2.24) is 0 Å². The average molecular weight is 257 g/mol. The molecule has 0 radical (unpaired) electrons. The summed E-state index contributed by atoms with van der Waals surface area (Å²) in [6, 6.07) is 8.69. The van der Waals surface area contributed by atoms with E-state index in [1.165, 1.54) is 0 Å². The molecule has 0 heterocycles. The van der Waals surface area contributed by atoms with Gasteiger partial charge in [-0.1, -0.05) is 0 Å². The molecule has 0 fully saturated rings. The summed E-state index contributed by atoms with van der Waals surface area (Å²) in [6.07, 6.45) is 0.401. The van der Waals surface area contributed by atoms with Gasteiger partial charge in [0.05, 0.1) is 0 Å². The van der Waals surface area contributed by atoms with E-state index in [0.29, 0.717) is 5.30 Å². The summed E-state index contributed by atoms with van der Waals surface area (Å²) in [6.45, 7) is 3.41. The zero-order chi connectivity index (χ0) is 9.97. The first-order chi connectivity index (χ1) is 6.02. The van der Waals surface area contributed by atoms with Crippen molar-refractivity contribution in [3.05, 3.63) is 30.3 Å². The molecule has 0 aliphatic carbocycles. The van der Waals surface area contributed by atoms with Crippen LogP contribution in [-0.4, -0.2) is 12.3 Å². The molecule has 4 heteroatoms. The van der Waals surface area contributed by atoms with Crippen molar-refractivity contribution < 1.29 is 26.3 Å². The second kappa shape index (κ2) is 4.72. The minimum atomic E-state index is -4.04. The predicted molar refractivity (Wildman–Crippen MR) is 54.1 cm³/mol. The summed E-state index contributed by atoms with van der Waals surface area (Å²) in [5.74, 6) is 0. The van der Waals surface area contributed by atoms with Crippen LogP contribution in [0, 0.1) is 0 Å². The maximum absolute atomic E-state index is 12.2. The van der Waals surface area contributed by atoms with Crippen LogP contribution in [0.15, 0.2) is 30.3 Å². The summed E-state index contributed by atoms with van der Waals surface area (Å²) in [4.78, 5) is 24.4. The van der Waals surface area contributed by atoms with Gasteiger partial charge in [-0.2, -0.15) is 0 Å². The van der Waals surface area contributed by atoms with Crippen LogP contribution in [-0.2, 0) is 16.5 Å². The molecule has 0 saturated carbocycles. The third kappa shape index (κ3) is 2.55. The zero-order valence-electron chi connectivity index (χ0n) is 8.38. The smallest absolute Gasteiger partial charge is 2.00 e. The largest absolute Gasteiger partial charge is 2.00 e. The Morgan fingerprint density at radius 1 is 1.00 bits per heavy atom. The topological polar surface area (TPSA) is 46.1 Å². The molecule has 0 aromatic heterocycles. The van der Waals surface area contributed by atoms with Gasteiger partial charge in [-0.05, 0) is 0 Å².